The standard InChI is InChI=1S/C18H26N2O/c1-4-11-19-18(10-9-14(2)21-3)16-12-15-7-5-6-8-17(15)20-13-16/h5-8,12-14,18-19H,4,9-11H2,1-3H3. The highest BCUT2D eigenvalue weighted by Crippen LogP contribution is 2.23. The Hall–Kier alpha value is -1.45. The Balaban J connectivity index is 2.16. The molecule has 0 aliphatic heterocycles. The van der Waals surface area contributed by atoms with E-state index in [9.17, 15) is 0 Å². The van der Waals surface area contributed by atoms with Gasteiger partial charge in [0, 0.05) is 24.7 Å². The summed E-state index contributed by atoms with van der Waals surface area (Å²) in [5.41, 5.74) is 2.33. The van der Waals surface area contributed by atoms with Gasteiger partial charge in [-0.2, -0.15) is 0 Å². The summed E-state index contributed by atoms with van der Waals surface area (Å²) in [6.45, 7) is 5.34. The zero-order chi connectivity index (χ0) is 15.1. The maximum atomic E-state index is 5.37. The number of methoxy groups -OCH3 is 1. The lowest BCUT2D eigenvalue weighted by atomic mass is 10.00. The first-order valence-corrected chi connectivity index (χ1v) is 7.85. The maximum absolute atomic E-state index is 5.37. The minimum atomic E-state index is 0.296. The molecule has 1 N–H and O–H groups in total. The van der Waals surface area contributed by atoms with Crippen molar-refractivity contribution in [3.05, 3.63) is 42.1 Å². The summed E-state index contributed by atoms with van der Waals surface area (Å²) in [5.74, 6) is 0. The summed E-state index contributed by atoms with van der Waals surface area (Å²) in [6, 6.07) is 10.9. The molecule has 114 valence electrons. The Labute approximate surface area is 127 Å². The quantitative estimate of drug-likeness (QED) is 0.793. The molecule has 0 aliphatic rings. The second-order valence-electron chi connectivity index (χ2n) is 5.59. The Morgan fingerprint density at radius 3 is 2.81 bits per heavy atom. The first kappa shape index (κ1) is 15.9. The Morgan fingerprint density at radius 2 is 2.05 bits per heavy atom. The largest absolute Gasteiger partial charge is 0.382 e. The van der Waals surface area contributed by atoms with Crippen LogP contribution in [-0.4, -0.2) is 24.7 Å². The van der Waals surface area contributed by atoms with E-state index in [-0.39, 0.29) is 0 Å². The fourth-order valence-corrected chi connectivity index (χ4v) is 2.50. The van der Waals surface area contributed by atoms with Gasteiger partial charge < -0.3 is 10.1 Å². The number of fused-ring (bicyclic) bond motifs is 1. The molecule has 1 heterocycles. The average molecular weight is 286 g/mol. The summed E-state index contributed by atoms with van der Waals surface area (Å²) in [4.78, 5) is 4.59. The topological polar surface area (TPSA) is 34.1 Å². The van der Waals surface area contributed by atoms with Crippen molar-refractivity contribution in [3.8, 4) is 0 Å². The van der Waals surface area contributed by atoms with Gasteiger partial charge in [0.15, 0.2) is 0 Å². The van der Waals surface area contributed by atoms with Crippen LogP contribution in [0.25, 0.3) is 10.9 Å². The number of aromatic nitrogens is 1. The second kappa shape index (κ2) is 8.11. The van der Waals surface area contributed by atoms with E-state index in [1.807, 2.05) is 12.3 Å². The SMILES string of the molecule is CCCNC(CCC(C)OC)c1cnc2ccccc2c1. The van der Waals surface area contributed by atoms with Crippen molar-refractivity contribution in [2.45, 2.75) is 45.3 Å². The lowest BCUT2D eigenvalue weighted by Gasteiger charge is -2.20. The van der Waals surface area contributed by atoms with Crippen LogP contribution >= 0.6 is 0 Å². The molecule has 2 aromatic rings. The van der Waals surface area contributed by atoms with Gasteiger partial charge in [-0.3, -0.25) is 4.98 Å². The van der Waals surface area contributed by atoms with Gasteiger partial charge in [0.2, 0.25) is 0 Å². The second-order valence-corrected chi connectivity index (χ2v) is 5.59. The predicted octanol–water partition coefficient (Wildman–Crippen LogP) is 4.09. The van der Waals surface area contributed by atoms with Crippen LogP contribution in [0.2, 0.25) is 0 Å². The molecule has 1 aromatic heterocycles. The van der Waals surface area contributed by atoms with E-state index in [1.54, 1.807) is 7.11 Å². The van der Waals surface area contributed by atoms with E-state index in [4.69, 9.17) is 4.74 Å². The smallest absolute Gasteiger partial charge is 0.0702 e. The third-order valence-corrected chi connectivity index (χ3v) is 3.92. The number of nitrogens with zero attached hydrogens (tertiary/aromatic N) is 1. The van der Waals surface area contributed by atoms with E-state index >= 15 is 0 Å². The van der Waals surface area contributed by atoms with Gasteiger partial charge in [-0.15, -0.1) is 0 Å². The van der Waals surface area contributed by atoms with Crippen molar-refractivity contribution in [1.82, 2.24) is 10.3 Å². The van der Waals surface area contributed by atoms with Crippen molar-refractivity contribution in [2.75, 3.05) is 13.7 Å². The Bertz CT molecular complexity index is 556. The highest BCUT2D eigenvalue weighted by molar-refractivity contribution is 5.78. The lowest BCUT2D eigenvalue weighted by molar-refractivity contribution is 0.106. The van der Waals surface area contributed by atoms with Gasteiger partial charge in [0.05, 0.1) is 11.6 Å². The molecule has 3 heteroatoms. The summed E-state index contributed by atoms with van der Waals surface area (Å²) in [7, 11) is 1.77. The summed E-state index contributed by atoms with van der Waals surface area (Å²) < 4.78 is 5.37. The van der Waals surface area contributed by atoms with E-state index in [0.717, 1.165) is 31.3 Å². The summed E-state index contributed by atoms with van der Waals surface area (Å²) in [6.07, 6.45) is 5.55. The number of ether oxygens (including phenoxy) is 1. The van der Waals surface area contributed by atoms with E-state index in [1.165, 1.54) is 10.9 Å². The minimum Gasteiger partial charge on any atom is -0.382 e. The molecular weight excluding hydrogens is 260 g/mol. The van der Waals surface area contributed by atoms with E-state index in [2.05, 4.69) is 48.4 Å². The molecule has 0 fully saturated rings. The molecule has 0 saturated carbocycles. The summed E-state index contributed by atoms with van der Waals surface area (Å²) in [5, 5.41) is 4.84. The molecule has 0 radical (unpaired) electrons. The van der Waals surface area contributed by atoms with Crippen molar-refractivity contribution >= 4 is 10.9 Å². The molecule has 21 heavy (non-hydrogen) atoms. The number of nitrogens with one attached hydrogen (secondary N) is 1. The van der Waals surface area contributed by atoms with Gasteiger partial charge in [-0.1, -0.05) is 25.1 Å². The van der Waals surface area contributed by atoms with E-state index < -0.39 is 0 Å². The number of hydrogen-bond acceptors (Lipinski definition) is 3. The van der Waals surface area contributed by atoms with Crippen LogP contribution in [0.1, 0.15) is 44.7 Å². The summed E-state index contributed by atoms with van der Waals surface area (Å²) >= 11 is 0. The number of hydrogen-bond donors (Lipinski definition) is 1. The fourth-order valence-electron chi connectivity index (χ4n) is 2.50. The van der Waals surface area contributed by atoms with Crippen LogP contribution in [0.3, 0.4) is 0 Å². The van der Waals surface area contributed by atoms with Crippen LogP contribution in [0.4, 0.5) is 0 Å². The first-order valence-electron chi connectivity index (χ1n) is 7.85. The molecule has 3 nitrogen and oxygen atoms in total. The molecule has 0 aliphatic carbocycles. The van der Waals surface area contributed by atoms with Gasteiger partial charge >= 0.3 is 0 Å². The zero-order valence-electron chi connectivity index (χ0n) is 13.3. The van der Waals surface area contributed by atoms with Gasteiger partial charge in [0.25, 0.3) is 0 Å². The lowest BCUT2D eigenvalue weighted by Crippen LogP contribution is -2.23. The van der Waals surface area contributed by atoms with Crippen LogP contribution < -0.4 is 5.32 Å². The fraction of sp³-hybridized carbons (Fsp3) is 0.500. The monoisotopic (exact) mass is 286 g/mol. The van der Waals surface area contributed by atoms with Crippen molar-refractivity contribution in [2.24, 2.45) is 0 Å². The normalized spacial score (nSPS) is 14.2. The molecule has 0 spiro atoms. The first-order chi connectivity index (χ1) is 10.2. The van der Waals surface area contributed by atoms with Crippen LogP contribution in [0, 0.1) is 0 Å². The highest BCUT2D eigenvalue weighted by atomic mass is 16.5. The van der Waals surface area contributed by atoms with Gasteiger partial charge in [-0.05, 0) is 50.4 Å². The van der Waals surface area contributed by atoms with Gasteiger partial charge in [-0.25, -0.2) is 0 Å². The molecule has 0 saturated heterocycles. The Morgan fingerprint density at radius 1 is 1.24 bits per heavy atom. The average Bonchev–Trinajstić information content (AvgIpc) is 2.54. The third kappa shape index (κ3) is 4.51. The number of rotatable bonds is 8. The molecular formula is C18H26N2O. The van der Waals surface area contributed by atoms with Crippen LogP contribution in [0.15, 0.2) is 36.5 Å². The number of pyridine rings is 1. The maximum Gasteiger partial charge on any atom is 0.0702 e. The number of para-hydroxylation sites is 1. The number of benzene rings is 1. The molecule has 0 bridgehead atoms. The highest BCUT2D eigenvalue weighted by Gasteiger charge is 2.13. The molecule has 0 amide bonds. The van der Waals surface area contributed by atoms with Gasteiger partial charge in [0.1, 0.15) is 0 Å². The zero-order valence-corrected chi connectivity index (χ0v) is 13.3. The molecule has 2 rings (SSSR count). The van der Waals surface area contributed by atoms with Crippen LogP contribution in [-0.2, 0) is 4.74 Å². The van der Waals surface area contributed by atoms with Crippen LogP contribution in [0.5, 0.6) is 0 Å². The Kier molecular flexibility index (Phi) is 6.15. The predicted molar refractivity (Wildman–Crippen MR) is 88.5 cm³/mol. The van der Waals surface area contributed by atoms with Crippen molar-refractivity contribution in [1.29, 1.82) is 0 Å². The minimum absolute atomic E-state index is 0.296. The molecule has 1 aromatic carbocycles. The van der Waals surface area contributed by atoms with E-state index in [0.29, 0.717) is 12.1 Å². The van der Waals surface area contributed by atoms with Crippen molar-refractivity contribution in [3.63, 3.8) is 0 Å². The third-order valence-electron chi connectivity index (χ3n) is 3.92. The van der Waals surface area contributed by atoms with Crippen molar-refractivity contribution < 1.29 is 4.74 Å². The molecule has 2 unspecified atom stereocenters. The molecule has 2 atom stereocenters.